The zero-order valence-electron chi connectivity index (χ0n) is 11.2. The van der Waals surface area contributed by atoms with E-state index in [0.29, 0.717) is 0 Å². The van der Waals surface area contributed by atoms with E-state index >= 15 is 0 Å². The first-order valence-corrected chi connectivity index (χ1v) is 6.22. The summed E-state index contributed by atoms with van der Waals surface area (Å²) in [4.78, 5) is 0. The van der Waals surface area contributed by atoms with Crippen molar-refractivity contribution in [3.8, 4) is 0 Å². The highest BCUT2D eigenvalue weighted by Crippen LogP contribution is 2.29. The van der Waals surface area contributed by atoms with E-state index in [-0.39, 0.29) is 0 Å². The molecule has 0 N–H and O–H groups in total. The van der Waals surface area contributed by atoms with Gasteiger partial charge in [-0.2, -0.15) is 5.10 Å². The van der Waals surface area contributed by atoms with Gasteiger partial charge in [0.15, 0.2) is 0 Å². The fourth-order valence-electron chi connectivity index (χ4n) is 2.45. The molecule has 2 nitrogen and oxygen atoms in total. The number of rotatable bonds is 0. The number of fused-ring (bicyclic) bond motifs is 3. The predicted molar refractivity (Wildman–Crippen MR) is 76.0 cm³/mol. The normalized spacial score (nSPS) is 11.3. The van der Waals surface area contributed by atoms with Gasteiger partial charge in [-0.25, -0.2) is 0 Å². The van der Waals surface area contributed by atoms with Crippen molar-refractivity contribution in [2.24, 2.45) is 0 Å². The molecule has 0 saturated heterocycles. The maximum atomic E-state index is 4.39. The van der Waals surface area contributed by atoms with Crippen molar-refractivity contribution < 1.29 is 0 Å². The molecule has 2 heteroatoms. The number of nitrogens with zero attached hydrogens (tertiary/aromatic N) is 2. The molecule has 0 bridgehead atoms. The highest BCUT2D eigenvalue weighted by atomic mass is 15.1. The van der Waals surface area contributed by atoms with Crippen LogP contribution in [0.4, 0.5) is 0 Å². The van der Waals surface area contributed by atoms with E-state index in [1.807, 2.05) is 6.92 Å². The molecular formula is C16H16N2. The molecule has 0 aliphatic heterocycles. The molecule has 18 heavy (non-hydrogen) atoms. The Bertz CT molecular complexity index is 706. The molecule has 3 rings (SSSR count). The van der Waals surface area contributed by atoms with Gasteiger partial charge < -0.3 is 0 Å². The molecule has 3 aromatic rings. The smallest absolute Gasteiger partial charge is 0.101 e. The summed E-state index contributed by atoms with van der Waals surface area (Å²) in [5, 5.41) is 12.3. The number of aromatic nitrogens is 2. The van der Waals surface area contributed by atoms with Crippen molar-refractivity contribution >= 4 is 21.7 Å². The summed E-state index contributed by atoms with van der Waals surface area (Å²) in [5.74, 6) is 0. The third-order valence-electron chi connectivity index (χ3n) is 3.96. The minimum Gasteiger partial charge on any atom is -0.155 e. The van der Waals surface area contributed by atoms with Crippen LogP contribution in [0.5, 0.6) is 0 Å². The highest BCUT2D eigenvalue weighted by molar-refractivity contribution is 6.07. The van der Waals surface area contributed by atoms with E-state index in [4.69, 9.17) is 0 Å². The van der Waals surface area contributed by atoms with Crippen molar-refractivity contribution in [1.82, 2.24) is 10.2 Å². The number of hydrogen-bond acceptors (Lipinski definition) is 2. The average Bonchev–Trinajstić information content (AvgIpc) is 2.38. The lowest BCUT2D eigenvalue weighted by Gasteiger charge is -2.10. The fraction of sp³-hybridized carbons (Fsp3) is 0.250. The van der Waals surface area contributed by atoms with Gasteiger partial charge in [0.25, 0.3) is 0 Å². The summed E-state index contributed by atoms with van der Waals surface area (Å²) >= 11 is 0. The van der Waals surface area contributed by atoms with Gasteiger partial charge in [-0.3, -0.25) is 0 Å². The molecule has 0 fully saturated rings. The molecule has 0 saturated carbocycles. The Morgan fingerprint density at radius 3 is 2.11 bits per heavy atom. The van der Waals surface area contributed by atoms with E-state index < -0.39 is 0 Å². The molecule has 0 aliphatic carbocycles. The zero-order chi connectivity index (χ0) is 12.9. The summed E-state index contributed by atoms with van der Waals surface area (Å²) < 4.78 is 0. The molecule has 0 spiro atoms. The second-order valence-electron chi connectivity index (χ2n) is 4.97. The maximum Gasteiger partial charge on any atom is 0.101 e. The molecule has 0 aliphatic rings. The molecule has 1 aromatic heterocycles. The van der Waals surface area contributed by atoms with Crippen molar-refractivity contribution in [3.05, 3.63) is 46.6 Å². The molecule has 2 aromatic carbocycles. The molecule has 1 heterocycles. The van der Waals surface area contributed by atoms with Crippen LogP contribution in [-0.4, -0.2) is 10.2 Å². The Labute approximate surface area is 107 Å². The van der Waals surface area contributed by atoms with Gasteiger partial charge in [-0.15, -0.1) is 5.10 Å². The lowest BCUT2D eigenvalue weighted by molar-refractivity contribution is 1.00. The minimum absolute atomic E-state index is 1.01. The molecule has 0 radical (unpaired) electrons. The first-order valence-electron chi connectivity index (χ1n) is 6.22. The second kappa shape index (κ2) is 3.77. The van der Waals surface area contributed by atoms with Crippen LogP contribution in [0.25, 0.3) is 21.7 Å². The Morgan fingerprint density at radius 1 is 0.667 bits per heavy atom. The Balaban J connectivity index is 2.56. The van der Waals surface area contributed by atoms with Crippen LogP contribution in [-0.2, 0) is 0 Å². The fourth-order valence-corrected chi connectivity index (χ4v) is 2.45. The molecule has 0 atom stereocenters. The van der Waals surface area contributed by atoms with Gasteiger partial charge in [0, 0.05) is 10.8 Å². The Kier molecular flexibility index (Phi) is 2.34. The molecule has 0 unspecified atom stereocenters. The van der Waals surface area contributed by atoms with Gasteiger partial charge in [0.05, 0.1) is 5.69 Å². The number of hydrogen-bond donors (Lipinski definition) is 0. The van der Waals surface area contributed by atoms with E-state index in [2.05, 4.69) is 55.2 Å². The zero-order valence-corrected chi connectivity index (χ0v) is 11.2. The summed E-state index contributed by atoms with van der Waals surface area (Å²) in [6, 6.07) is 8.69. The maximum absolute atomic E-state index is 4.39. The van der Waals surface area contributed by atoms with Crippen molar-refractivity contribution in [2.75, 3.05) is 0 Å². The lowest BCUT2D eigenvalue weighted by Crippen LogP contribution is -1.95. The van der Waals surface area contributed by atoms with Crippen LogP contribution in [0.1, 0.15) is 22.4 Å². The summed E-state index contributed by atoms with van der Waals surface area (Å²) in [5.41, 5.74) is 5.89. The van der Waals surface area contributed by atoms with Gasteiger partial charge in [0.2, 0.25) is 0 Å². The van der Waals surface area contributed by atoms with E-state index in [1.54, 1.807) is 0 Å². The Morgan fingerprint density at radius 2 is 1.33 bits per heavy atom. The quantitative estimate of drug-likeness (QED) is 0.551. The van der Waals surface area contributed by atoms with Crippen LogP contribution in [0.2, 0.25) is 0 Å². The standard InChI is InChI=1S/C16H16N2/c1-9-5-6-15-13(10(9)2)7-8-14-11(3)12(4)17-18-16(14)15/h5-8H,1-4H3. The SMILES string of the molecule is Cc1ccc2c(ccc3c(C)c(C)nnc32)c1C. The third-order valence-corrected chi connectivity index (χ3v) is 3.96. The highest BCUT2D eigenvalue weighted by Gasteiger charge is 2.09. The van der Waals surface area contributed by atoms with Crippen molar-refractivity contribution in [1.29, 1.82) is 0 Å². The first-order chi connectivity index (χ1) is 8.59. The summed E-state index contributed by atoms with van der Waals surface area (Å²) in [7, 11) is 0. The van der Waals surface area contributed by atoms with Crippen LogP contribution in [0, 0.1) is 27.7 Å². The minimum atomic E-state index is 1.01. The van der Waals surface area contributed by atoms with Gasteiger partial charge in [-0.05, 0) is 49.8 Å². The average molecular weight is 236 g/mol. The first kappa shape index (κ1) is 11.1. The van der Waals surface area contributed by atoms with E-state index in [0.717, 1.165) is 11.2 Å². The number of benzene rings is 2. The van der Waals surface area contributed by atoms with Crippen LogP contribution < -0.4 is 0 Å². The topological polar surface area (TPSA) is 25.8 Å². The van der Waals surface area contributed by atoms with Crippen molar-refractivity contribution in [3.63, 3.8) is 0 Å². The van der Waals surface area contributed by atoms with Gasteiger partial charge in [-0.1, -0.05) is 24.3 Å². The molecular weight excluding hydrogens is 220 g/mol. The second-order valence-corrected chi connectivity index (χ2v) is 4.97. The lowest BCUT2D eigenvalue weighted by atomic mass is 9.97. The third kappa shape index (κ3) is 1.42. The predicted octanol–water partition coefficient (Wildman–Crippen LogP) is 4.02. The van der Waals surface area contributed by atoms with Crippen LogP contribution >= 0.6 is 0 Å². The van der Waals surface area contributed by atoms with E-state index in [9.17, 15) is 0 Å². The van der Waals surface area contributed by atoms with Crippen molar-refractivity contribution in [2.45, 2.75) is 27.7 Å². The summed E-state index contributed by atoms with van der Waals surface area (Å²) in [6.45, 7) is 8.43. The Hall–Kier alpha value is -1.96. The largest absolute Gasteiger partial charge is 0.155 e. The van der Waals surface area contributed by atoms with E-state index in [1.165, 1.54) is 32.8 Å². The monoisotopic (exact) mass is 236 g/mol. The van der Waals surface area contributed by atoms with Gasteiger partial charge >= 0.3 is 0 Å². The van der Waals surface area contributed by atoms with Gasteiger partial charge in [0.1, 0.15) is 5.52 Å². The molecule has 0 amide bonds. The molecule has 90 valence electrons. The van der Waals surface area contributed by atoms with Crippen LogP contribution in [0.3, 0.4) is 0 Å². The summed E-state index contributed by atoms with van der Waals surface area (Å²) in [6.07, 6.45) is 0. The number of aryl methyl sites for hydroxylation is 4. The van der Waals surface area contributed by atoms with Crippen LogP contribution in [0.15, 0.2) is 24.3 Å².